The summed E-state index contributed by atoms with van der Waals surface area (Å²) in [5.74, 6) is -0.447. The first-order valence-electron chi connectivity index (χ1n) is 10.8. The summed E-state index contributed by atoms with van der Waals surface area (Å²) in [4.78, 5) is 27.0. The van der Waals surface area contributed by atoms with Crippen LogP contribution in [0.15, 0.2) is 51.7 Å². The predicted octanol–water partition coefficient (Wildman–Crippen LogP) is 4.38. The quantitative estimate of drug-likeness (QED) is 0.518. The molecule has 3 rings (SSSR count). The fraction of sp³-hybridized carbons (Fsp3) is 0.360. The van der Waals surface area contributed by atoms with Gasteiger partial charge >= 0.3 is 5.63 Å². The van der Waals surface area contributed by atoms with Gasteiger partial charge in [0.2, 0.25) is 5.91 Å². The van der Waals surface area contributed by atoms with E-state index in [0.29, 0.717) is 36.1 Å². The van der Waals surface area contributed by atoms with Gasteiger partial charge in [-0.05, 0) is 62.9 Å². The minimum absolute atomic E-state index is 0.173. The zero-order valence-electron chi connectivity index (χ0n) is 18.3. The number of halogens is 1. The molecule has 3 aromatic rings. The molecule has 0 saturated carbocycles. The highest BCUT2D eigenvalue weighted by atomic mass is 19.1. The van der Waals surface area contributed by atoms with Crippen LogP contribution in [0.4, 0.5) is 10.1 Å². The van der Waals surface area contributed by atoms with E-state index < -0.39 is 5.63 Å². The molecule has 1 N–H and O–H groups in total. The maximum Gasteiger partial charge on any atom is 0.339 e. The van der Waals surface area contributed by atoms with Crippen molar-refractivity contribution in [2.24, 2.45) is 0 Å². The Labute approximate surface area is 181 Å². The second-order valence-corrected chi connectivity index (χ2v) is 7.54. The Morgan fingerprint density at radius 3 is 2.55 bits per heavy atom. The molecule has 0 spiro atoms. The number of rotatable bonds is 9. The number of carbonyl (C=O) groups excluding carboxylic acids is 1. The number of nitrogens with one attached hydrogen (secondary N) is 1. The zero-order chi connectivity index (χ0) is 22.4. The third-order valence-electron chi connectivity index (χ3n) is 5.68. The molecule has 6 heteroatoms. The van der Waals surface area contributed by atoms with E-state index >= 15 is 0 Å². The number of hydrogen-bond acceptors (Lipinski definition) is 4. The highest BCUT2D eigenvalue weighted by Gasteiger charge is 2.14. The Kier molecular flexibility index (Phi) is 7.45. The van der Waals surface area contributed by atoms with Gasteiger partial charge in [0.05, 0.1) is 0 Å². The van der Waals surface area contributed by atoms with Crippen molar-refractivity contribution in [3.05, 3.63) is 75.4 Å². The molecule has 0 bridgehead atoms. The minimum atomic E-state index is -0.402. The first-order valence-corrected chi connectivity index (χ1v) is 10.8. The van der Waals surface area contributed by atoms with Crippen LogP contribution in [0.1, 0.15) is 37.0 Å². The molecular formula is C25H29FN2O3. The fourth-order valence-electron chi connectivity index (χ4n) is 3.82. The second-order valence-electron chi connectivity index (χ2n) is 7.54. The number of anilines is 1. The summed E-state index contributed by atoms with van der Waals surface area (Å²) < 4.78 is 19.2. The normalized spacial score (nSPS) is 11.0. The van der Waals surface area contributed by atoms with E-state index in [2.05, 4.69) is 24.1 Å². The molecule has 2 aromatic carbocycles. The third-order valence-corrected chi connectivity index (χ3v) is 5.68. The Morgan fingerprint density at radius 1 is 1.10 bits per heavy atom. The van der Waals surface area contributed by atoms with E-state index in [1.54, 1.807) is 18.2 Å². The van der Waals surface area contributed by atoms with Crippen LogP contribution in [0.3, 0.4) is 0 Å². The smallest absolute Gasteiger partial charge is 0.339 e. The van der Waals surface area contributed by atoms with Gasteiger partial charge in [-0.3, -0.25) is 4.79 Å². The van der Waals surface area contributed by atoms with Crippen LogP contribution in [-0.2, 0) is 17.6 Å². The molecule has 0 radical (unpaired) electrons. The first kappa shape index (κ1) is 22.5. The first-order chi connectivity index (χ1) is 14.9. The summed E-state index contributed by atoms with van der Waals surface area (Å²) in [6, 6.07) is 12.4. The fourth-order valence-corrected chi connectivity index (χ4v) is 3.82. The second kappa shape index (κ2) is 10.2. The van der Waals surface area contributed by atoms with Crippen LogP contribution in [0.2, 0.25) is 0 Å². The number of aryl methyl sites for hydroxylation is 1. The Balaban J connectivity index is 1.65. The SMILES string of the molecule is CCN(CC)c1ccc2c(C)c(CCC(=O)NCCc3ccccc3F)c(=O)oc2c1. The van der Waals surface area contributed by atoms with Crippen molar-refractivity contribution in [2.45, 2.75) is 40.0 Å². The molecule has 1 heterocycles. The minimum Gasteiger partial charge on any atom is -0.422 e. The van der Waals surface area contributed by atoms with Crippen molar-refractivity contribution in [3.8, 4) is 0 Å². The van der Waals surface area contributed by atoms with Crippen molar-refractivity contribution in [2.75, 3.05) is 24.5 Å². The van der Waals surface area contributed by atoms with Crippen LogP contribution < -0.4 is 15.8 Å². The average molecular weight is 425 g/mol. The van der Waals surface area contributed by atoms with E-state index in [-0.39, 0.29) is 18.1 Å². The van der Waals surface area contributed by atoms with Crippen LogP contribution >= 0.6 is 0 Å². The van der Waals surface area contributed by atoms with Gasteiger partial charge in [0.25, 0.3) is 0 Å². The zero-order valence-corrected chi connectivity index (χ0v) is 18.3. The van der Waals surface area contributed by atoms with E-state index in [4.69, 9.17) is 4.42 Å². The van der Waals surface area contributed by atoms with Gasteiger partial charge < -0.3 is 14.6 Å². The van der Waals surface area contributed by atoms with Gasteiger partial charge in [-0.2, -0.15) is 0 Å². The Hall–Kier alpha value is -3.15. The van der Waals surface area contributed by atoms with E-state index in [9.17, 15) is 14.0 Å². The van der Waals surface area contributed by atoms with Gasteiger partial charge in [-0.1, -0.05) is 18.2 Å². The molecule has 0 atom stereocenters. The summed E-state index contributed by atoms with van der Waals surface area (Å²) in [5.41, 5.74) is 3.11. The van der Waals surface area contributed by atoms with Crippen LogP contribution in [-0.4, -0.2) is 25.5 Å². The molecular weight excluding hydrogens is 395 g/mol. The summed E-state index contributed by atoms with van der Waals surface area (Å²) >= 11 is 0. The molecule has 1 aromatic heterocycles. The maximum absolute atomic E-state index is 13.6. The lowest BCUT2D eigenvalue weighted by molar-refractivity contribution is -0.121. The van der Waals surface area contributed by atoms with Crippen molar-refractivity contribution in [1.82, 2.24) is 5.32 Å². The summed E-state index contributed by atoms with van der Waals surface area (Å²) in [7, 11) is 0. The highest BCUT2D eigenvalue weighted by Crippen LogP contribution is 2.25. The molecule has 0 aliphatic carbocycles. The van der Waals surface area contributed by atoms with Crippen molar-refractivity contribution >= 4 is 22.6 Å². The Bertz CT molecular complexity index is 1120. The number of nitrogens with zero attached hydrogens (tertiary/aromatic N) is 1. The molecule has 0 aliphatic heterocycles. The predicted molar refractivity (Wildman–Crippen MR) is 122 cm³/mol. The van der Waals surface area contributed by atoms with Crippen LogP contribution in [0.25, 0.3) is 11.0 Å². The van der Waals surface area contributed by atoms with Crippen LogP contribution in [0.5, 0.6) is 0 Å². The standard InChI is InChI=1S/C25H29FN2O3/c1-4-28(5-2)19-10-11-20-17(3)21(25(30)31-23(20)16-19)12-13-24(29)27-15-14-18-8-6-7-9-22(18)26/h6-11,16H,4-5,12-15H2,1-3H3,(H,27,29). The number of carbonyl (C=O) groups is 1. The monoisotopic (exact) mass is 424 g/mol. The number of fused-ring (bicyclic) bond motifs is 1. The van der Waals surface area contributed by atoms with Crippen molar-refractivity contribution in [3.63, 3.8) is 0 Å². The average Bonchev–Trinajstić information content (AvgIpc) is 2.75. The lowest BCUT2D eigenvalue weighted by atomic mass is 10.0. The maximum atomic E-state index is 13.6. The van der Waals surface area contributed by atoms with Gasteiger partial charge in [-0.15, -0.1) is 0 Å². The molecule has 5 nitrogen and oxygen atoms in total. The van der Waals surface area contributed by atoms with E-state index in [1.165, 1.54) is 6.07 Å². The largest absolute Gasteiger partial charge is 0.422 e. The molecule has 31 heavy (non-hydrogen) atoms. The van der Waals surface area contributed by atoms with Crippen molar-refractivity contribution in [1.29, 1.82) is 0 Å². The molecule has 0 saturated heterocycles. The topological polar surface area (TPSA) is 62.6 Å². The van der Waals surface area contributed by atoms with Gasteiger partial charge in [-0.25, -0.2) is 9.18 Å². The lowest BCUT2D eigenvalue weighted by Gasteiger charge is -2.21. The molecule has 0 aliphatic rings. The van der Waals surface area contributed by atoms with E-state index in [0.717, 1.165) is 29.7 Å². The lowest BCUT2D eigenvalue weighted by Crippen LogP contribution is -2.27. The molecule has 164 valence electrons. The number of hydrogen-bond donors (Lipinski definition) is 1. The summed E-state index contributed by atoms with van der Waals surface area (Å²) in [6.07, 6.45) is 0.893. The van der Waals surface area contributed by atoms with Gasteiger partial charge in [0.1, 0.15) is 11.4 Å². The number of benzene rings is 2. The summed E-state index contributed by atoms with van der Waals surface area (Å²) in [6.45, 7) is 8.14. The number of amides is 1. The van der Waals surface area contributed by atoms with Crippen LogP contribution in [0, 0.1) is 12.7 Å². The highest BCUT2D eigenvalue weighted by molar-refractivity contribution is 5.84. The van der Waals surface area contributed by atoms with Gasteiger partial charge in [0, 0.05) is 48.8 Å². The molecule has 0 fully saturated rings. The summed E-state index contributed by atoms with van der Waals surface area (Å²) in [5, 5.41) is 3.67. The molecule has 1 amide bonds. The molecule has 0 unspecified atom stereocenters. The van der Waals surface area contributed by atoms with E-state index in [1.807, 2.05) is 25.1 Å². The van der Waals surface area contributed by atoms with Crippen molar-refractivity contribution < 1.29 is 13.6 Å². The Morgan fingerprint density at radius 2 is 1.84 bits per heavy atom. The van der Waals surface area contributed by atoms with Gasteiger partial charge in [0.15, 0.2) is 0 Å². The third kappa shape index (κ3) is 5.32.